The Labute approximate surface area is 237 Å². The quantitative estimate of drug-likeness (QED) is 0.308. The molecule has 1 aliphatic rings. The normalized spacial score (nSPS) is 12.9. The second-order valence-corrected chi connectivity index (χ2v) is 9.83. The van der Waals surface area contributed by atoms with Gasteiger partial charge in [0, 0.05) is 43.5 Å². The Morgan fingerprint density at radius 1 is 1.07 bits per heavy atom. The molecule has 0 saturated heterocycles. The molecule has 4 heterocycles. The number of pyridine rings is 1. The predicted molar refractivity (Wildman–Crippen MR) is 147 cm³/mol. The number of fused-ring (bicyclic) bond motifs is 1. The van der Waals surface area contributed by atoms with Crippen molar-refractivity contribution in [1.82, 2.24) is 29.5 Å². The van der Waals surface area contributed by atoms with E-state index in [-0.39, 0.29) is 23.5 Å². The van der Waals surface area contributed by atoms with Crippen LogP contribution in [0.2, 0.25) is 0 Å². The van der Waals surface area contributed by atoms with Crippen LogP contribution in [0.4, 0.5) is 24.8 Å². The number of carbonyl (C=O) groups excluding carboxylic acids is 1. The summed E-state index contributed by atoms with van der Waals surface area (Å²) in [6.45, 7) is 0.0568. The molecule has 3 aromatic heterocycles. The van der Waals surface area contributed by atoms with E-state index in [2.05, 4.69) is 31.7 Å². The van der Waals surface area contributed by atoms with Crippen molar-refractivity contribution in [2.75, 3.05) is 10.2 Å². The SMILES string of the molecule is Cn1cc(CNc2cc(-c3cc(C#N)ccc3-c3nncn3C)cc(N3Cc4c(cccc4C(F)(F)F)C3=O)n2)cn1. The number of anilines is 2. The van der Waals surface area contributed by atoms with Gasteiger partial charge in [-0.1, -0.05) is 6.07 Å². The first kappa shape index (κ1) is 26.7. The summed E-state index contributed by atoms with van der Waals surface area (Å²) in [4.78, 5) is 19.3. The van der Waals surface area contributed by atoms with Gasteiger partial charge in [-0.05, 0) is 59.2 Å². The minimum atomic E-state index is -4.61. The fourth-order valence-corrected chi connectivity index (χ4v) is 5.01. The zero-order chi connectivity index (χ0) is 29.6. The lowest BCUT2D eigenvalue weighted by Gasteiger charge is -2.19. The number of nitriles is 1. The van der Waals surface area contributed by atoms with Crippen LogP contribution in [0.3, 0.4) is 0 Å². The summed E-state index contributed by atoms with van der Waals surface area (Å²) in [5, 5.41) is 25.2. The summed E-state index contributed by atoms with van der Waals surface area (Å²) in [6, 6.07) is 14.2. The van der Waals surface area contributed by atoms with Gasteiger partial charge < -0.3 is 9.88 Å². The van der Waals surface area contributed by atoms with Crippen LogP contribution in [0, 0.1) is 11.3 Å². The minimum absolute atomic E-state index is 0.0202. The van der Waals surface area contributed by atoms with Crippen LogP contribution in [0.5, 0.6) is 0 Å². The number of alkyl halides is 3. The molecule has 5 aromatic rings. The van der Waals surface area contributed by atoms with Crippen molar-refractivity contribution in [3.05, 3.63) is 95.1 Å². The maximum Gasteiger partial charge on any atom is 0.416 e. The van der Waals surface area contributed by atoms with Crippen molar-refractivity contribution >= 4 is 17.5 Å². The van der Waals surface area contributed by atoms with E-state index in [1.807, 2.05) is 6.20 Å². The summed E-state index contributed by atoms with van der Waals surface area (Å²) >= 11 is 0. The largest absolute Gasteiger partial charge is 0.416 e. The molecule has 0 radical (unpaired) electrons. The fraction of sp³-hybridized carbons (Fsp3) is 0.172. The van der Waals surface area contributed by atoms with Gasteiger partial charge in [0.1, 0.15) is 18.0 Å². The van der Waals surface area contributed by atoms with E-state index in [4.69, 9.17) is 0 Å². The molecule has 0 unspecified atom stereocenters. The lowest BCUT2D eigenvalue weighted by atomic mass is 9.97. The first-order chi connectivity index (χ1) is 20.1. The lowest BCUT2D eigenvalue weighted by molar-refractivity contribution is -0.138. The molecule has 0 saturated carbocycles. The molecule has 42 heavy (non-hydrogen) atoms. The van der Waals surface area contributed by atoms with Crippen LogP contribution < -0.4 is 10.2 Å². The highest BCUT2D eigenvalue weighted by molar-refractivity contribution is 6.10. The molecular weight excluding hydrogens is 547 g/mol. The number of carbonyl (C=O) groups is 1. The number of amides is 1. The Morgan fingerprint density at radius 2 is 1.90 bits per heavy atom. The average molecular weight is 570 g/mol. The Kier molecular flexibility index (Phi) is 6.45. The highest BCUT2D eigenvalue weighted by Gasteiger charge is 2.40. The average Bonchev–Trinajstić information content (AvgIpc) is 3.69. The summed E-state index contributed by atoms with van der Waals surface area (Å²) in [5.74, 6) is 0.481. The van der Waals surface area contributed by atoms with Gasteiger partial charge in [-0.25, -0.2) is 4.98 Å². The van der Waals surface area contributed by atoms with Gasteiger partial charge in [-0.2, -0.15) is 23.5 Å². The number of aromatic nitrogens is 6. The topological polar surface area (TPSA) is 118 Å². The number of hydrogen-bond donors (Lipinski definition) is 1. The number of aryl methyl sites for hydroxylation is 2. The maximum absolute atomic E-state index is 13.8. The molecule has 2 aromatic carbocycles. The van der Waals surface area contributed by atoms with E-state index in [0.717, 1.165) is 11.6 Å². The molecule has 0 aliphatic carbocycles. The van der Waals surface area contributed by atoms with Gasteiger partial charge in [0.25, 0.3) is 5.91 Å². The molecule has 13 heteroatoms. The van der Waals surface area contributed by atoms with E-state index in [9.17, 15) is 23.2 Å². The number of rotatable bonds is 6. The smallest absolute Gasteiger partial charge is 0.366 e. The second-order valence-electron chi connectivity index (χ2n) is 9.83. The van der Waals surface area contributed by atoms with Crippen LogP contribution in [0.1, 0.15) is 32.6 Å². The molecule has 210 valence electrons. The summed E-state index contributed by atoms with van der Waals surface area (Å²) in [7, 11) is 3.58. The first-order valence-corrected chi connectivity index (χ1v) is 12.8. The van der Waals surface area contributed by atoms with Gasteiger partial charge in [-0.3, -0.25) is 14.4 Å². The van der Waals surface area contributed by atoms with Crippen LogP contribution in [-0.4, -0.2) is 35.4 Å². The van der Waals surface area contributed by atoms with E-state index in [0.29, 0.717) is 40.4 Å². The molecule has 1 N–H and O–H groups in total. The summed E-state index contributed by atoms with van der Waals surface area (Å²) < 4.78 is 44.8. The van der Waals surface area contributed by atoms with Gasteiger partial charge in [0.2, 0.25) is 0 Å². The Balaban J connectivity index is 1.49. The molecule has 0 atom stereocenters. The zero-order valence-corrected chi connectivity index (χ0v) is 22.4. The minimum Gasteiger partial charge on any atom is -0.366 e. The standard InChI is InChI=1S/C29H22F3N9O/c1-39-16-35-38-27(39)20-7-6-17(11-33)8-22(20)19-9-25(34-12-18-13-36-40(2)14-18)37-26(10-19)41-15-23-21(28(41)42)4-3-5-24(23)29(30,31)32/h3-10,13-14,16H,12,15H2,1-2H3,(H,34,37). The van der Waals surface area contributed by atoms with Crippen molar-refractivity contribution in [2.45, 2.75) is 19.3 Å². The molecule has 1 aliphatic heterocycles. The van der Waals surface area contributed by atoms with Gasteiger partial charge in [0.05, 0.1) is 29.9 Å². The highest BCUT2D eigenvalue weighted by atomic mass is 19.4. The van der Waals surface area contributed by atoms with Crippen LogP contribution >= 0.6 is 0 Å². The van der Waals surface area contributed by atoms with Crippen molar-refractivity contribution < 1.29 is 18.0 Å². The second kappa shape index (κ2) is 10.2. The third-order valence-electron chi connectivity index (χ3n) is 7.01. The van der Waals surface area contributed by atoms with Crippen LogP contribution in [0.25, 0.3) is 22.5 Å². The first-order valence-electron chi connectivity index (χ1n) is 12.8. The van der Waals surface area contributed by atoms with E-state index in [1.165, 1.54) is 17.0 Å². The fourth-order valence-electron chi connectivity index (χ4n) is 5.01. The molecule has 1 amide bonds. The molecule has 0 spiro atoms. The van der Waals surface area contributed by atoms with Crippen LogP contribution in [-0.2, 0) is 33.4 Å². The third-order valence-corrected chi connectivity index (χ3v) is 7.01. The lowest BCUT2D eigenvalue weighted by Crippen LogP contribution is -2.24. The van der Waals surface area contributed by atoms with Gasteiger partial charge in [0.15, 0.2) is 5.82 Å². The van der Waals surface area contributed by atoms with E-state index >= 15 is 0 Å². The molecular formula is C29H22F3N9O. The predicted octanol–water partition coefficient (Wildman–Crippen LogP) is 4.94. The molecule has 10 nitrogen and oxygen atoms in total. The van der Waals surface area contributed by atoms with E-state index in [1.54, 1.807) is 66.2 Å². The molecule has 0 fully saturated rings. The number of nitrogens with zero attached hydrogens (tertiary/aromatic N) is 8. The van der Waals surface area contributed by atoms with Crippen molar-refractivity contribution in [3.63, 3.8) is 0 Å². The maximum atomic E-state index is 13.8. The summed E-state index contributed by atoms with van der Waals surface area (Å²) in [5.41, 5.74) is 2.14. The van der Waals surface area contributed by atoms with Gasteiger partial charge >= 0.3 is 6.18 Å². The number of nitrogens with one attached hydrogen (secondary N) is 1. The monoisotopic (exact) mass is 569 g/mol. The van der Waals surface area contributed by atoms with Crippen LogP contribution in [0.15, 0.2) is 67.3 Å². The van der Waals surface area contributed by atoms with Gasteiger partial charge in [-0.15, -0.1) is 10.2 Å². The number of hydrogen-bond acceptors (Lipinski definition) is 7. The van der Waals surface area contributed by atoms with Crippen molar-refractivity contribution in [1.29, 1.82) is 5.26 Å². The number of halogens is 3. The molecule has 0 bridgehead atoms. The number of benzene rings is 2. The Hall–Kier alpha value is -5.51. The highest BCUT2D eigenvalue weighted by Crippen LogP contribution is 2.40. The summed E-state index contributed by atoms with van der Waals surface area (Å²) in [6.07, 6.45) is 0.462. The van der Waals surface area contributed by atoms with E-state index < -0.39 is 17.6 Å². The Morgan fingerprint density at radius 3 is 2.60 bits per heavy atom. The third kappa shape index (κ3) is 4.83. The van der Waals surface area contributed by atoms with Crippen molar-refractivity contribution in [3.8, 4) is 28.6 Å². The van der Waals surface area contributed by atoms with Crippen molar-refractivity contribution in [2.24, 2.45) is 14.1 Å². The molecule has 6 rings (SSSR count). The zero-order valence-electron chi connectivity index (χ0n) is 22.4. The Bertz CT molecular complexity index is 1880.